The van der Waals surface area contributed by atoms with E-state index in [9.17, 15) is 0 Å². The fourth-order valence-corrected chi connectivity index (χ4v) is 2.45. The van der Waals surface area contributed by atoms with E-state index in [0.717, 1.165) is 24.5 Å². The van der Waals surface area contributed by atoms with Gasteiger partial charge < -0.3 is 5.32 Å². The molecule has 0 fully saturated rings. The minimum Gasteiger partial charge on any atom is -0.313 e. The lowest BCUT2D eigenvalue weighted by Crippen LogP contribution is -2.22. The van der Waals surface area contributed by atoms with Gasteiger partial charge in [-0.1, -0.05) is 13.8 Å². The summed E-state index contributed by atoms with van der Waals surface area (Å²) in [5.74, 6) is 1.57. The molecule has 20 heavy (non-hydrogen) atoms. The molecule has 1 unspecified atom stereocenters. The van der Waals surface area contributed by atoms with E-state index in [0.29, 0.717) is 5.92 Å². The topological polar surface area (TPSA) is 60.6 Å². The van der Waals surface area contributed by atoms with Crippen LogP contribution in [0.15, 0.2) is 12.5 Å². The molecule has 0 amide bonds. The molecule has 2 heterocycles. The maximum atomic E-state index is 4.41. The molecule has 0 aliphatic rings. The lowest BCUT2D eigenvalue weighted by molar-refractivity contribution is 0.451. The van der Waals surface area contributed by atoms with Crippen LogP contribution in [-0.4, -0.2) is 31.6 Å². The van der Waals surface area contributed by atoms with Crippen LogP contribution in [0.3, 0.4) is 0 Å². The number of rotatable bonds is 6. The highest BCUT2D eigenvalue weighted by molar-refractivity contribution is 5.21. The van der Waals surface area contributed by atoms with E-state index < -0.39 is 0 Å². The molecule has 110 valence electrons. The van der Waals surface area contributed by atoms with Gasteiger partial charge in [-0.05, 0) is 19.9 Å². The van der Waals surface area contributed by atoms with Crippen molar-refractivity contribution in [3.8, 4) is 0 Å². The molecule has 2 aromatic heterocycles. The van der Waals surface area contributed by atoms with Crippen molar-refractivity contribution in [3.63, 3.8) is 0 Å². The van der Waals surface area contributed by atoms with Crippen molar-refractivity contribution in [2.45, 2.75) is 39.8 Å². The first kappa shape index (κ1) is 14.7. The summed E-state index contributed by atoms with van der Waals surface area (Å²) in [4.78, 5) is 4.40. The Morgan fingerprint density at radius 1 is 1.35 bits per heavy atom. The molecule has 0 bridgehead atoms. The van der Waals surface area contributed by atoms with Crippen molar-refractivity contribution in [2.24, 2.45) is 13.0 Å². The third kappa shape index (κ3) is 3.25. The van der Waals surface area contributed by atoms with Gasteiger partial charge in [0.15, 0.2) is 0 Å². The highest BCUT2D eigenvalue weighted by Crippen LogP contribution is 2.20. The van der Waals surface area contributed by atoms with Crippen molar-refractivity contribution >= 4 is 0 Å². The van der Waals surface area contributed by atoms with Crippen molar-refractivity contribution in [2.75, 3.05) is 7.05 Å². The van der Waals surface area contributed by atoms with Gasteiger partial charge in [0.25, 0.3) is 0 Å². The highest BCUT2D eigenvalue weighted by Gasteiger charge is 2.18. The summed E-state index contributed by atoms with van der Waals surface area (Å²) in [5.41, 5.74) is 2.27. The van der Waals surface area contributed by atoms with Crippen LogP contribution in [0.25, 0.3) is 0 Å². The summed E-state index contributed by atoms with van der Waals surface area (Å²) >= 11 is 0. The maximum Gasteiger partial charge on any atom is 0.138 e. The second-order valence-corrected chi connectivity index (χ2v) is 5.64. The Kier molecular flexibility index (Phi) is 4.54. The van der Waals surface area contributed by atoms with Crippen LogP contribution in [0.5, 0.6) is 0 Å². The van der Waals surface area contributed by atoms with Gasteiger partial charge >= 0.3 is 0 Å². The Bertz CT molecular complexity index is 554. The van der Waals surface area contributed by atoms with Crippen LogP contribution >= 0.6 is 0 Å². The van der Waals surface area contributed by atoms with Crippen LogP contribution in [0.1, 0.15) is 37.0 Å². The van der Waals surface area contributed by atoms with E-state index in [-0.39, 0.29) is 6.04 Å². The number of aryl methyl sites for hydroxylation is 2. The molecule has 0 saturated carbocycles. The fourth-order valence-electron chi connectivity index (χ4n) is 2.45. The second kappa shape index (κ2) is 6.17. The Labute approximate surface area is 120 Å². The predicted octanol–water partition coefficient (Wildman–Crippen LogP) is 1.48. The van der Waals surface area contributed by atoms with Crippen LogP contribution in [0.4, 0.5) is 0 Å². The standard InChI is InChI=1S/C14H24N6/c1-10(2)7-20-14(16-9-17-20)6-13(15-4)12-8-19(5)18-11(12)3/h8-10,13,15H,6-7H2,1-5H3. The fraction of sp³-hybridized carbons (Fsp3) is 0.643. The van der Waals surface area contributed by atoms with Gasteiger partial charge in [-0.15, -0.1) is 0 Å². The predicted molar refractivity (Wildman–Crippen MR) is 78.3 cm³/mol. The molecule has 1 N–H and O–H groups in total. The minimum atomic E-state index is 0.207. The number of hydrogen-bond acceptors (Lipinski definition) is 4. The van der Waals surface area contributed by atoms with Crippen molar-refractivity contribution in [3.05, 3.63) is 29.6 Å². The zero-order chi connectivity index (χ0) is 14.7. The lowest BCUT2D eigenvalue weighted by atomic mass is 10.0. The summed E-state index contributed by atoms with van der Waals surface area (Å²) in [5, 5.41) is 12.1. The zero-order valence-corrected chi connectivity index (χ0v) is 13.0. The molecule has 0 radical (unpaired) electrons. The summed E-state index contributed by atoms with van der Waals surface area (Å²) in [7, 11) is 3.92. The van der Waals surface area contributed by atoms with Gasteiger partial charge in [-0.25, -0.2) is 9.67 Å². The van der Waals surface area contributed by atoms with Crippen molar-refractivity contribution in [1.82, 2.24) is 29.9 Å². The van der Waals surface area contributed by atoms with E-state index in [1.165, 1.54) is 5.56 Å². The van der Waals surface area contributed by atoms with Gasteiger partial charge in [-0.3, -0.25) is 4.68 Å². The summed E-state index contributed by atoms with van der Waals surface area (Å²) in [6, 6.07) is 0.207. The molecule has 0 aromatic carbocycles. The highest BCUT2D eigenvalue weighted by atomic mass is 15.3. The van der Waals surface area contributed by atoms with E-state index >= 15 is 0 Å². The Hall–Kier alpha value is -1.69. The second-order valence-electron chi connectivity index (χ2n) is 5.64. The Morgan fingerprint density at radius 3 is 2.65 bits per heavy atom. The van der Waals surface area contributed by atoms with Crippen LogP contribution in [-0.2, 0) is 20.0 Å². The third-order valence-corrected chi connectivity index (χ3v) is 3.40. The van der Waals surface area contributed by atoms with Crippen LogP contribution in [0.2, 0.25) is 0 Å². The van der Waals surface area contributed by atoms with Crippen molar-refractivity contribution < 1.29 is 0 Å². The third-order valence-electron chi connectivity index (χ3n) is 3.40. The molecule has 6 nitrogen and oxygen atoms in total. The largest absolute Gasteiger partial charge is 0.313 e. The first-order valence-corrected chi connectivity index (χ1v) is 7.05. The molecule has 0 saturated heterocycles. The molecule has 6 heteroatoms. The Morgan fingerprint density at radius 2 is 2.10 bits per heavy atom. The normalized spacial score (nSPS) is 13.1. The van der Waals surface area contributed by atoms with Gasteiger partial charge in [0.05, 0.1) is 5.69 Å². The monoisotopic (exact) mass is 276 g/mol. The molecule has 2 aromatic rings. The average molecular weight is 276 g/mol. The summed E-state index contributed by atoms with van der Waals surface area (Å²) < 4.78 is 3.86. The van der Waals surface area contributed by atoms with E-state index in [1.54, 1.807) is 6.33 Å². The maximum absolute atomic E-state index is 4.41. The first-order chi connectivity index (χ1) is 9.51. The van der Waals surface area contributed by atoms with Crippen molar-refractivity contribution in [1.29, 1.82) is 0 Å². The molecule has 0 aliphatic carbocycles. The lowest BCUT2D eigenvalue weighted by Gasteiger charge is -2.16. The molecule has 0 aliphatic heterocycles. The van der Waals surface area contributed by atoms with Gasteiger partial charge in [-0.2, -0.15) is 10.2 Å². The summed E-state index contributed by atoms with van der Waals surface area (Å²) in [6.07, 6.45) is 4.52. The molecule has 1 atom stereocenters. The van der Waals surface area contributed by atoms with Crippen LogP contribution in [0, 0.1) is 12.8 Å². The van der Waals surface area contributed by atoms with Gasteiger partial charge in [0, 0.05) is 37.8 Å². The molecule has 0 spiro atoms. The zero-order valence-electron chi connectivity index (χ0n) is 13.0. The first-order valence-electron chi connectivity index (χ1n) is 7.05. The van der Waals surface area contributed by atoms with E-state index in [1.807, 2.05) is 30.4 Å². The van der Waals surface area contributed by atoms with Gasteiger partial charge in [0.2, 0.25) is 0 Å². The summed E-state index contributed by atoms with van der Waals surface area (Å²) in [6.45, 7) is 7.31. The average Bonchev–Trinajstić information content (AvgIpc) is 2.92. The Balaban J connectivity index is 2.18. The minimum absolute atomic E-state index is 0.207. The van der Waals surface area contributed by atoms with E-state index in [4.69, 9.17) is 0 Å². The smallest absolute Gasteiger partial charge is 0.138 e. The van der Waals surface area contributed by atoms with Crippen LogP contribution < -0.4 is 5.32 Å². The number of nitrogens with one attached hydrogen (secondary N) is 1. The molecular formula is C14H24N6. The van der Waals surface area contributed by atoms with E-state index in [2.05, 4.69) is 40.5 Å². The number of nitrogens with zero attached hydrogens (tertiary/aromatic N) is 5. The number of likely N-dealkylation sites (N-methyl/N-ethyl adjacent to an activating group) is 1. The quantitative estimate of drug-likeness (QED) is 0.868. The number of aromatic nitrogens is 5. The molecular weight excluding hydrogens is 252 g/mol. The number of hydrogen-bond donors (Lipinski definition) is 1. The molecule has 2 rings (SSSR count). The van der Waals surface area contributed by atoms with Gasteiger partial charge in [0.1, 0.15) is 12.2 Å². The SMILES string of the molecule is CNC(Cc1ncnn1CC(C)C)c1cn(C)nc1C.